The van der Waals surface area contributed by atoms with Crippen LogP contribution in [0.25, 0.3) is 0 Å². The summed E-state index contributed by atoms with van der Waals surface area (Å²) in [5.74, 6) is 0.428. The summed E-state index contributed by atoms with van der Waals surface area (Å²) in [5, 5.41) is 2.02. The summed E-state index contributed by atoms with van der Waals surface area (Å²) in [6.07, 6.45) is 1.71. The number of aromatic nitrogens is 2. The quantitative estimate of drug-likeness (QED) is 0.786. The van der Waals surface area contributed by atoms with Gasteiger partial charge in [-0.1, -0.05) is 6.07 Å². The molecule has 0 fully saturated rings. The Hall–Kier alpha value is -1.13. The van der Waals surface area contributed by atoms with Crippen LogP contribution in [-0.4, -0.2) is 9.97 Å². The Kier molecular flexibility index (Phi) is 3.74. The van der Waals surface area contributed by atoms with Crippen molar-refractivity contribution in [2.75, 3.05) is 0 Å². The van der Waals surface area contributed by atoms with Gasteiger partial charge in [0.05, 0.1) is 5.88 Å². The third kappa shape index (κ3) is 2.71. The molecule has 2 aromatic rings. The molecule has 2 heterocycles. The van der Waals surface area contributed by atoms with Crippen molar-refractivity contribution < 1.29 is 4.74 Å². The molecule has 0 radical (unpaired) electrons. The standard InChI is InChI=1S/C11H11ClN2OS/c1-8-9(5-12)6-13-11(14-8)15-7-10-3-2-4-16-10/h2-4,6H,5,7H2,1H3. The molecule has 0 aliphatic heterocycles. The van der Waals surface area contributed by atoms with E-state index >= 15 is 0 Å². The molecule has 3 nitrogen and oxygen atoms in total. The molecule has 2 rings (SSSR count). The molecule has 0 aliphatic carbocycles. The first-order chi connectivity index (χ1) is 7.79. The SMILES string of the molecule is Cc1nc(OCc2cccs2)ncc1CCl. The van der Waals surface area contributed by atoms with Crippen molar-refractivity contribution in [3.05, 3.63) is 39.8 Å². The van der Waals surface area contributed by atoms with E-state index in [9.17, 15) is 0 Å². The maximum Gasteiger partial charge on any atom is 0.316 e. The maximum absolute atomic E-state index is 5.72. The predicted octanol–water partition coefficient (Wildman–Crippen LogP) is 3.16. The number of hydrogen-bond acceptors (Lipinski definition) is 4. The fourth-order valence-corrected chi connectivity index (χ4v) is 2.08. The van der Waals surface area contributed by atoms with E-state index in [0.717, 1.165) is 16.1 Å². The normalized spacial score (nSPS) is 10.4. The molecule has 0 aliphatic rings. The van der Waals surface area contributed by atoms with Crippen molar-refractivity contribution in [3.8, 4) is 6.01 Å². The molecular formula is C11H11ClN2OS. The van der Waals surface area contributed by atoms with E-state index in [-0.39, 0.29) is 0 Å². The number of halogens is 1. The van der Waals surface area contributed by atoms with Crippen molar-refractivity contribution in [3.63, 3.8) is 0 Å². The third-order valence-electron chi connectivity index (χ3n) is 2.13. The average Bonchev–Trinajstić information content (AvgIpc) is 2.79. The molecule has 0 unspecified atom stereocenters. The Morgan fingerprint density at radius 2 is 2.38 bits per heavy atom. The first-order valence-electron chi connectivity index (χ1n) is 4.83. The highest BCUT2D eigenvalue weighted by Gasteiger charge is 2.03. The largest absolute Gasteiger partial charge is 0.458 e. The predicted molar refractivity (Wildman–Crippen MR) is 65.0 cm³/mol. The van der Waals surface area contributed by atoms with Crippen molar-refractivity contribution >= 4 is 22.9 Å². The van der Waals surface area contributed by atoms with Gasteiger partial charge in [0.2, 0.25) is 0 Å². The molecule has 0 atom stereocenters. The van der Waals surface area contributed by atoms with E-state index in [2.05, 4.69) is 9.97 Å². The molecule has 5 heteroatoms. The first kappa shape index (κ1) is 11.4. The van der Waals surface area contributed by atoms with E-state index in [1.54, 1.807) is 17.5 Å². The van der Waals surface area contributed by atoms with Gasteiger partial charge in [0, 0.05) is 22.3 Å². The lowest BCUT2D eigenvalue weighted by Gasteiger charge is -2.05. The van der Waals surface area contributed by atoms with Gasteiger partial charge in [-0.15, -0.1) is 22.9 Å². The van der Waals surface area contributed by atoms with Gasteiger partial charge in [0.1, 0.15) is 6.61 Å². The van der Waals surface area contributed by atoms with Gasteiger partial charge in [-0.05, 0) is 18.4 Å². The fourth-order valence-electron chi connectivity index (χ4n) is 1.20. The number of aryl methyl sites for hydroxylation is 1. The van der Waals surface area contributed by atoms with Crippen LogP contribution in [0.5, 0.6) is 6.01 Å². The average molecular weight is 255 g/mol. The van der Waals surface area contributed by atoms with Crippen LogP contribution in [0, 0.1) is 6.92 Å². The van der Waals surface area contributed by atoms with Gasteiger partial charge in [-0.2, -0.15) is 0 Å². The van der Waals surface area contributed by atoms with Gasteiger partial charge >= 0.3 is 6.01 Å². The number of rotatable bonds is 4. The van der Waals surface area contributed by atoms with Crippen LogP contribution in [0.4, 0.5) is 0 Å². The Morgan fingerprint density at radius 1 is 1.50 bits per heavy atom. The fraction of sp³-hybridized carbons (Fsp3) is 0.273. The lowest BCUT2D eigenvalue weighted by atomic mass is 10.3. The van der Waals surface area contributed by atoms with Crippen LogP contribution in [-0.2, 0) is 12.5 Å². The number of alkyl halides is 1. The number of nitrogens with zero attached hydrogens (tertiary/aromatic N) is 2. The molecule has 0 aromatic carbocycles. The van der Waals surface area contributed by atoms with Crippen molar-refractivity contribution in [1.29, 1.82) is 0 Å². The zero-order valence-corrected chi connectivity index (χ0v) is 10.4. The lowest BCUT2D eigenvalue weighted by Crippen LogP contribution is -2.00. The second-order valence-corrected chi connectivity index (χ2v) is 4.56. The monoisotopic (exact) mass is 254 g/mol. The topological polar surface area (TPSA) is 35.0 Å². The number of ether oxygens (including phenoxy) is 1. The van der Waals surface area contributed by atoms with Gasteiger partial charge in [-0.3, -0.25) is 0 Å². The summed E-state index contributed by atoms with van der Waals surface area (Å²) in [5.41, 5.74) is 1.80. The Morgan fingerprint density at radius 3 is 3.00 bits per heavy atom. The lowest BCUT2D eigenvalue weighted by molar-refractivity contribution is 0.283. The zero-order chi connectivity index (χ0) is 11.4. The minimum Gasteiger partial charge on any atom is -0.458 e. The van der Waals surface area contributed by atoms with Gasteiger partial charge < -0.3 is 4.74 Å². The van der Waals surface area contributed by atoms with Gasteiger partial charge in [0.15, 0.2) is 0 Å². The van der Waals surface area contributed by atoms with Crippen molar-refractivity contribution in [2.24, 2.45) is 0 Å². The van der Waals surface area contributed by atoms with Crippen LogP contribution in [0.1, 0.15) is 16.1 Å². The van der Waals surface area contributed by atoms with Gasteiger partial charge in [-0.25, -0.2) is 9.97 Å². The first-order valence-corrected chi connectivity index (χ1v) is 6.24. The highest BCUT2D eigenvalue weighted by molar-refractivity contribution is 7.09. The summed E-state index contributed by atoms with van der Waals surface area (Å²) in [7, 11) is 0. The van der Waals surface area contributed by atoms with E-state index in [0.29, 0.717) is 18.5 Å². The van der Waals surface area contributed by atoms with E-state index in [4.69, 9.17) is 16.3 Å². The smallest absolute Gasteiger partial charge is 0.316 e. The summed E-state index contributed by atoms with van der Waals surface area (Å²) in [4.78, 5) is 9.48. The van der Waals surface area contributed by atoms with E-state index < -0.39 is 0 Å². The minimum atomic E-state index is 0.403. The molecular weight excluding hydrogens is 244 g/mol. The summed E-state index contributed by atoms with van der Waals surface area (Å²) in [6.45, 7) is 2.41. The highest BCUT2D eigenvalue weighted by Crippen LogP contribution is 2.14. The zero-order valence-electron chi connectivity index (χ0n) is 8.81. The summed E-state index contributed by atoms with van der Waals surface area (Å²) >= 11 is 7.38. The van der Waals surface area contributed by atoms with Crippen LogP contribution in [0.2, 0.25) is 0 Å². The molecule has 0 N–H and O–H groups in total. The van der Waals surface area contributed by atoms with Crippen LogP contribution < -0.4 is 4.74 Å². The Labute approximate surface area is 103 Å². The molecule has 0 saturated heterocycles. The van der Waals surface area contributed by atoms with Crippen molar-refractivity contribution in [1.82, 2.24) is 9.97 Å². The number of hydrogen-bond donors (Lipinski definition) is 0. The molecule has 2 aromatic heterocycles. The Bertz CT molecular complexity index is 459. The third-order valence-corrected chi connectivity index (χ3v) is 3.26. The highest BCUT2D eigenvalue weighted by atomic mass is 35.5. The molecule has 0 amide bonds. The Balaban J connectivity index is 2.02. The molecule has 0 saturated carbocycles. The van der Waals surface area contributed by atoms with E-state index in [1.807, 2.05) is 24.4 Å². The molecule has 0 spiro atoms. The van der Waals surface area contributed by atoms with Crippen molar-refractivity contribution in [2.45, 2.75) is 19.4 Å². The number of thiophene rings is 1. The molecule has 84 valence electrons. The summed E-state index contributed by atoms with van der Waals surface area (Å²) < 4.78 is 5.48. The maximum atomic E-state index is 5.72. The second-order valence-electron chi connectivity index (χ2n) is 3.26. The van der Waals surface area contributed by atoms with Crippen LogP contribution >= 0.6 is 22.9 Å². The van der Waals surface area contributed by atoms with Gasteiger partial charge in [0.25, 0.3) is 0 Å². The molecule has 16 heavy (non-hydrogen) atoms. The van der Waals surface area contributed by atoms with E-state index in [1.165, 1.54) is 0 Å². The minimum absolute atomic E-state index is 0.403. The van der Waals surface area contributed by atoms with Crippen LogP contribution in [0.3, 0.4) is 0 Å². The van der Waals surface area contributed by atoms with Crippen LogP contribution in [0.15, 0.2) is 23.7 Å². The second kappa shape index (κ2) is 5.27. The molecule has 0 bridgehead atoms. The summed E-state index contributed by atoms with van der Waals surface area (Å²) in [6, 6.07) is 4.41.